The normalized spacial score (nSPS) is 14.9. The summed E-state index contributed by atoms with van der Waals surface area (Å²) in [5, 5.41) is 7.06. The van der Waals surface area contributed by atoms with Gasteiger partial charge in [-0.25, -0.2) is 4.31 Å². The van der Waals surface area contributed by atoms with Crippen LogP contribution in [0.4, 0.5) is 5.82 Å². The maximum absolute atomic E-state index is 13.0. The maximum Gasteiger partial charge on any atom is 0.345 e. The van der Waals surface area contributed by atoms with Crippen LogP contribution in [0.2, 0.25) is 0 Å². The van der Waals surface area contributed by atoms with Crippen molar-refractivity contribution in [2.24, 2.45) is 4.40 Å². The molecule has 1 aromatic heterocycles. The maximum atomic E-state index is 13.0. The second kappa shape index (κ2) is 8.91. The highest BCUT2D eigenvalue weighted by molar-refractivity contribution is 7.88. The highest BCUT2D eigenvalue weighted by atomic mass is 32.2. The number of hydrogen-bond donors (Lipinski definition) is 1. The lowest BCUT2D eigenvalue weighted by atomic mass is 10.1. The zero-order chi connectivity index (χ0) is 23.6. The molecule has 0 unspecified atom stereocenters. The van der Waals surface area contributed by atoms with Crippen LogP contribution in [0.25, 0.3) is 0 Å². The van der Waals surface area contributed by atoms with Gasteiger partial charge in [-0.3, -0.25) is 9.48 Å². The fourth-order valence-corrected chi connectivity index (χ4v) is 4.26. The van der Waals surface area contributed by atoms with E-state index in [0.717, 1.165) is 15.4 Å². The lowest BCUT2D eigenvalue weighted by Crippen LogP contribution is -2.35. The molecule has 33 heavy (non-hydrogen) atoms. The molecule has 2 aromatic carbocycles. The van der Waals surface area contributed by atoms with E-state index in [4.69, 9.17) is 4.74 Å². The number of allylic oxidation sites excluding steroid dienone is 1. The fraction of sp³-hybridized carbons (Fsp3) is 0.174. The number of anilines is 1. The molecule has 0 aliphatic carbocycles. The minimum atomic E-state index is -4.08. The molecule has 0 radical (unpaired) electrons. The van der Waals surface area contributed by atoms with Crippen LogP contribution in [0.15, 0.2) is 77.0 Å². The zero-order valence-electron chi connectivity index (χ0n) is 18.4. The first kappa shape index (κ1) is 22.3. The Kier molecular flexibility index (Phi) is 6.01. The molecule has 9 nitrogen and oxygen atoms in total. The number of aryl methyl sites for hydroxylation is 1. The molecule has 0 fully saturated rings. The van der Waals surface area contributed by atoms with Crippen molar-refractivity contribution >= 4 is 27.6 Å². The fourth-order valence-electron chi connectivity index (χ4n) is 3.34. The van der Waals surface area contributed by atoms with Crippen molar-refractivity contribution in [3.63, 3.8) is 0 Å². The van der Waals surface area contributed by atoms with Gasteiger partial charge in [0, 0.05) is 24.9 Å². The number of amides is 1. The molecule has 1 aliphatic heterocycles. The number of rotatable bonds is 6. The molecule has 1 N–H and O–H groups in total. The average molecular weight is 466 g/mol. The SMILES string of the molecule is COc1cccc(C2=NS(=O)(=O)N(C)C(C(=O)Nc3ccn(Cc4ccccc4C)n3)=C2)c1. The molecule has 0 spiro atoms. The molecule has 4 rings (SSSR count). The van der Waals surface area contributed by atoms with E-state index in [-0.39, 0.29) is 11.4 Å². The minimum absolute atomic E-state index is 0.0729. The van der Waals surface area contributed by atoms with E-state index in [1.807, 2.05) is 31.2 Å². The molecule has 0 atom stereocenters. The number of benzene rings is 2. The average Bonchev–Trinajstić information content (AvgIpc) is 3.23. The van der Waals surface area contributed by atoms with Crippen molar-refractivity contribution in [1.29, 1.82) is 0 Å². The number of hydrogen-bond acceptors (Lipinski definition) is 5. The van der Waals surface area contributed by atoms with Crippen LogP contribution >= 0.6 is 0 Å². The van der Waals surface area contributed by atoms with Crippen molar-refractivity contribution in [1.82, 2.24) is 14.1 Å². The quantitative estimate of drug-likeness (QED) is 0.603. The van der Waals surface area contributed by atoms with Gasteiger partial charge in [0.25, 0.3) is 5.91 Å². The van der Waals surface area contributed by atoms with Crippen LogP contribution in [-0.2, 0) is 21.5 Å². The number of aromatic nitrogens is 2. The second-order valence-corrected chi connectivity index (χ2v) is 9.09. The molecule has 0 bridgehead atoms. The molecule has 0 saturated carbocycles. The van der Waals surface area contributed by atoms with Crippen LogP contribution < -0.4 is 10.1 Å². The van der Waals surface area contributed by atoms with Gasteiger partial charge in [0.15, 0.2) is 5.82 Å². The molecule has 170 valence electrons. The van der Waals surface area contributed by atoms with Gasteiger partial charge in [-0.05, 0) is 36.3 Å². The summed E-state index contributed by atoms with van der Waals surface area (Å²) >= 11 is 0. The molecule has 0 saturated heterocycles. The van der Waals surface area contributed by atoms with Crippen LogP contribution in [-0.4, -0.2) is 48.3 Å². The van der Waals surface area contributed by atoms with Crippen molar-refractivity contribution in [2.45, 2.75) is 13.5 Å². The molecule has 10 heteroatoms. The van der Waals surface area contributed by atoms with Gasteiger partial charge in [0.1, 0.15) is 11.4 Å². The lowest BCUT2D eigenvalue weighted by Gasteiger charge is -2.23. The van der Waals surface area contributed by atoms with E-state index in [1.54, 1.807) is 41.2 Å². The third kappa shape index (κ3) is 4.80. The van der Waals surface area contributed by atoms with E-state index in [9.17, 15) is 13.2 Å². The summed E-state index contributed by atoms with van der Waals surface area (Å²) in [6.07, 6.45) is 3.18. The van der Waals surface area contributed by atoms with Crippen molar-refractivity contribution in [3.05, 3.63) is 89.3 Å². The van der Waals surface area contributed by atoms with Crippen LogP contribution in [0.1, 0.15) is 16.7 Å². The first-order valence-electron chi connectivity index (χ1n) is 10.1. The lowest BCUT2D eigenvalue weighted by molar-refractivity contribution is -0.113. The summed E-state index contributed by atoms with van der Waals surface area (Å²) in [5.74, 6) is 0.244. The summed E-state index contributed by atoms with van der Waals surface area (Å²) in [7, 11) is -1.29. The summed E-state index contributed by atoms with van der Waals surface area (Å²) in [5.41, 5.74) is 2.83. The molecular weight excluding hydrogens is 442 g/mol. The number of carbonyl (C=O) groups excluding carboxylic acids is 1. The van der Waals surface area contributed by atoms with Gasteiger partial charge in [-0.1, -0.05) is 36.4 Å². The first-order valence-corrected chi connectivity index (χ1v) is 11.5. The van der Waals surface area contributed by atoms with Crippen molar-refractivity contribution in [2.75, 3.05) is 19.5 Å². The molecule has 2 heterocycles. The second-order valence-electron chi connectivity index (χ2n) is 7.46. The van der Waals surface area contributed by atoms with Crippen molar-refractivity contribution in [3.8, 4) is 5.75 Å². The largest absolute Gasteiger partial charge is 0.497 e. The highest BCUT2D eigenvalue weighted by Gasteiger charge is 2.30. The van der Waals surface area contributed by atoms with Gasteiger partial charge in [-0.15, -0.1) is 4.40 Å². The summed E-state index contributed by atoms with van der Waals surface area (Å²) in [4.78, 5) is 13.0. The topological polar surface area (TPSA) is 106 Å². The Morgan fingerprint density at radius 1 is 1.12 bits per heavy atom. The Bertz CT molecular complexity index is 1370. The predicted molar refractivity (Wildman–Crippen MR) is 125 cm³/mol. The van der Waals surface area contributed by atoms with Crippen LogP contribution in [0, 0.1) is 6.92 Å². The van der Waals surface area contributed by atoms with E-state index in [0.29, 0.717) is 23.7 Å². The monoisotopic (exact) mass is 465 g/mol. The van der Waals surface area contributed by atoms with E-state index >= 15 is 0 Å². The Labute approximate surface area is 192 Å². The molecular formula is C23H23N5O4S. The molecule has 3 aromatic rings. The van der Waals surface area contributed by atoms with Gasteiger partial charge < -0.3 is 10.1 Å². The van der Waals surface area contributed by atoms with E-state index in [1.165, 1.54) is 20.2 Å². The summed E-state index contributed by atoms with van der Waals surface area (Å²) < 4.78 is 36.8. The molecule has 1 amide bonds. The van der Waals surface area contributed by atoms with Crippen LogP contribution in [0.5, 0.6) is 5.75 Å². The highest BCUT2D eigenvalue weighted by Crippen LogP contribution is 2.22. The summed E-state index contributed by atoms with van der Waals surface area (Å²) in [6.45, 7) is 2.57. The van der Waals surface area contributed by atoms with Gasteiger partial charge in [0.2, 0.25) is 0 Å². The van der Waals surface area contributed by atoms with Gasteiger partial charge in [-0.2, -0.15) is 13.5 Å². The standard InChI is InChI=1S/C23H23N5O4S/c1-16-7-4-5-8-18(16)15-28-12-11-22(25-28)24-23(29)21-14-20(26-33(30,31)27(21)2)17-9-6-10-19(13-17)32-3/h4-14H,15H2,1-3H3,(H,24,25,29). The van der Waals surface area contributed by atoms with E-state index in [2.05, 4.69) is 14.8 Å². The smallest absolute Gasteiger partial charge is 0.345 e. The third-order valence-electron chi connectivity index (χ3n) is 5.25. The number of methoxy groups -OCH3 is 1. The Morgan fingerprint density at radius 2 is 1.91 bits per heavy atom. The molecule has 1 aliphatic rings. The first-order chi connectivity index (χ1) is 15.8. The number of nitrogens with zero attached hydrogens (tertiary/aromatic N) is 4. The Morgan fingerprint density at radius 3 is 2.67 bits per heavy atom. The number of ether oxygens (including phenoxy) is 1. The number of carbonyl (C=O) groups is 1. The van der Waals surface area contributed by atoms with Gasteiger partial charge >= 0.3 is 10.2 Å². The van der Waals surface area contributed by atoms with E-state index < -0.39 is 16.1 Å². The van der Waals surface area contributed by atoms with Crippen LogP contribution in [0.3, 0.4) is 0 Å². The summed E-state index contributed by atoms with van der Waals surface area (Å²) in [6, 6.07) is 16.4. The third-order valence-corrected chi connectivity index (χ3v) is 6.56. The number of likely N-dealkylation sites (N-methyl/N-ethyl adjacent to an activating group) is 1. The van der Waals surface area contributed by atoms with Gasteiger partial charge in [0.05, 0.1) is 19.4 Å². The minimum Gasteiger partial charge on any atom is -0.497 e. The Hall–Kier alpha value is -3.92. The predicted octanol–water partition coefficient (Wildman–Crippen LogP) is 2.75. The zero-order valence-corrected chi connectivity index (χ0v) is 19.2. The number of nitrogens with one attached hydrogen (secondary N) is 1. The Balaban J connectivity index is 1.57. The van der Waals surface area contributed by atoms with Crippen molar-refractivity contribution < 1.29 is 17.9 Å².